The Morgan fingerprint density at radius 1 is 1.38 bits per heavy atom. The molecule has 2 N–H and O–H groups in total. The van der Waals surface area contributed by atoms with E-state index < -0.39 is 0 Å². The topological polar surface area (TPSA) is 58.6 Å². The Kier molecular flexibility index (Phi) is 9.03. The van der Waals surface area contributed by atoms with Gasteiger partial charge in [-0.15, -0.1) is 0 Å². The molecule has 78 valence electrons. The van der Waals surface area contributed by atoms with Crippen molar-refractivity contribution in [2.45, 2.75) is 25.7 Å². The van der Waals surface area contributed by atoms with Crippen LogP contribution in [-0.4, -0.2) is 37.9 Å². The van der Waals surface area contributed by atoms with Crippen LogP contribution in [0.1, 0.15) is 25.7 Å². The second kappa shape index (κ2) is 9.48. The molecule has 0 aromatic heterocycles. The van der Waals surface area contributed by atoms with Gasteiger partial charge in [0, 0.05) is 33.3 Å². The summed E-state index contributed by atoms with van der Waals surface area (Å²) in [6.45, 7) is 1.48. The number of hydrogen-bond acceptors (Lipinski definition) is 3. The summed E-state index contributed by atoms with van der Waals surface area (Å²) >= 11 is 0. The summed E-state index contributed by atoms with van der Waals surface area (Å²) in [5.74, 6) is 0.0648. The number of amides is 1. The first-order valence-electron chi connectivity index (χ1n) is 4.67. The van der Waals surface area contributed by atoms with E-state index in [-0.39, 0.29) is 12.5 Å². The number of unbranched alkanes of at least 4 members (excludes halogenated alkanes) is 1. The second-order valence-electron chi connectivity index (χ2n) is 2.88. The van der Waals surface area contributed by atoms with Crippen molar-refractivity contribution in [1.29, 1.82) is 0 Å². The van der Waals surface area contributed by atoms with Crippen molar-refractivity contribution in [3.63, 3.8) is 0 Å². The zero-order valence-corrected chi connectivity index (χ0v) is 8.21. The van der Waals surface area contributed by atoms with Gasteiger partial charge >= 0.3 is 0 Å². The molecule has 1 amide bonds. The lowest BCUT2D eigenvalue weighted by Crippen LogP contribution is -2.24. The van der Waals surface area contributed by atoms with Crippen molar-refractivity contribution < 1.29 is 14.6 Å². The van der Waals surface area contributed by atoms with Gasteiger partial charge in [0.2, 0.25) is 5.91 Å². The lowest BCUT2D eigenvalue weighted by Gasteiger charge is -2.03. The first kappa shape index (κ1) is 12.4. The van der Waals surface area contributed by atoms with Crippen molar-refractivity contribution in [3.8, 4) is 0 Å². The number of methoxy groups -OCH3 is 1. The molecule has 0 saturated carbocycles. The van der Waals surface area contributed by atoms with Gasteiger partial charge in [0.05, 0.1) is 0 Å². The normalized spacial score (nSPS) is 10.0. The van der Waals surface area contributed by atoms with E-state index in [1.807, 2.05) is 0 Å². The molecule has 0 aliphatic rings. The van der Waals surface area contributed by atoms with Gasteiger partial charge in [-0.2, -0.15) is 0 Å². The van der Waals surface area contributed by atoms with Crippen molar-refractivity contribution in [2.24, 2.45) is 0 Å². The minimum atomic E-state index is 0.0648. The predicted octanol–water partition coefficient (Wildman–Crippen LogP) is 0.302. The van der Waals surface area contributed by atoms with Crippen LogP contribution < -0.4 is 5.32 Å². The van der Waals surface area contributed by atoms with Gasteiger partial charge < -0.3 is 15.2 Å². The molecule has 0 saturated heterocycles. The summed E-state index contributed by atoms with van der Waals surface area (Å²) in [5, 5.41) is 11.2. The average Bonchev–Trinajstić information content (AvgIpc) is 2.13. The van der Waals surface area contributed by atoms with Gasteiger partial charge in [-0.1, -0.05) is 0 Å². The molecule has 0 aliphatic carbocycles. The molecule has 0 aromatic carbocycles. The zero-order chi connectivity index (χ0) is 9.94. The minimum Gasteiger partial charge on any atom is -0.396 e. The van der Waals surface area contributed by atoms with E-state index >= 15 is 0 Å². The number of carbonyl (C=O) groups excluding carboxylic acids is 1. The summed E-state index contributed by atoms with van der Waals surface area (Å²) in [6, 6.07) is 0. The van der Waals surface area contributed by atoms with E-state index in [2.05, 4.69) is 5.32 Å². The maximum absolute atomic E-state index is 11.1. The average molecular weight is 189 g/mol. The van der Waals surface area contributed by atoms with E-state index in [1.54, 1.807) is 7.11 Å². The predicted molar refractivity (Wildman–Crippen MR) is 50.4 cm³/mol. The first-order valence-corrected chi connectivity index (χ1v) is 4.67. The van der Waals surface area contributed by atoms with Crippen LogP contribution >= 0.6 is 0 Å². The lowest BCUT2D eigenvalue weighted by atomic mass is 10.3. The molecule has 0 radical (unpaired) electrons. The molecule has 0 rings (SSSR count). The van der Waals surface area contributed by atoms with Crippen molar-refractivity contribution in [1.82, 2.24) is 5.32 Å². The van der Waals surface area contributed by atoms with Crippen molar-refractivity contribution in [3.05, 3.63) is 0 Å². The quantitative estimate of drug-likeness (QED) is 0.540. The second-order valence-corrected chi connectivity index (χ2v) is 2.88. The SMILES string of the molecule is COCCCC(=O)NCCCCO. The third-order valence-electron chi connectivity index (χ3n) is 1.66. The number of rotatable bonds is 8. The van der Waals surface area contributed by atoms with Gasteiger partial charge in [-0.25, -0.2) is 0 Å². The molecule has 13 heavy (non-hydrogen) atoms. The van der Waals surface area contributed by atoms with Crippen LogP contribution in [0.15, 0.2) is 0 Å². The van der Waals surface area contributed by atoms with Crippen LogP contribution in [0.4, 0.5) is 0 Å². The molecule has 4 nitrogen and oxygen atoms in total. The molecule has 0 spiro atoms. The van der Waals surface area contributed by atoms with Gasteiger partial charge in [-0.3, -0.25) is 4.79 Å². The number of nitrogens with one attached hydrogen (secondary N) is 1. The van der Waals surface area contributed by atoms with E-state index in [1.165, 1.54) is 0 Å². The first-order chi connectivity index (χ1) is 6.31. The Morgan fingerprint density at radius 2 is 2.15 bits per heavy atom. The van der Waals surface area contributed by atoms with Crippen molar-refractivity contribution >= 4 is 5.91 Å². The van der Waals surface area contributed by atoms with Crippen LogP contribution in [0, 0.1) is 0 Å². The fourth-order valence-corrected chi connectivity index (χ4v) is 0.930. The summed E-state index contributed by atoms with van der Waals surface area (Å²) in [4.78, 5) is 11.1. The van der Waals surface area contributed by atoms with Gasteiger partial charge in [0.15, 0.2) is 0 Å². The molecule has 0 heterocycles. The highest BCUT2D eigenvalue weighted by atomic mass is 16.5. The number of aliphatic hydroxyl groups is 1. The van der Waals surface area contributed by atoms with Crippen LogP contribution in [0.3, 0.4) is 0 Å². The van der Waals surface area contributed by atoms with Crippen LogP contribution in [0.25, 0.3) is 0 Å². The minimum absolute atomic E-state index is 0.0648. The van der Waals surface area contributed by atoms with Crippen LogP contribution in [0.2, 0.25) is 0 Å². The highest BCUT2D eigenvalue weighted by Crippen LogP contribution is 1.90. The Labute approximate surface area is 79.3 Å². The highest BCUT2D eigenvalue weighted by Gasteiger charge is 1.98. The maximum atomic E-state index is 11.1. The molecule has 0 unspecified atom stereocenters. The maximum Gasteiger partial charge on any atom is 0.220 e. The highest BCUT2D eigenvalue weighted by molar-refractivity contribution is 5.75. The monoisotopic (exact) mass is 189 g/mol. The molecule has 4 heteroatoms. The largest absolute Gasteiger partial charge is 0.396 e. The van der Waals surface area contributed by atoms with Gasteiger partial charge in [0.1, 0.15) is 0 Å². The zero-order valence-electron chi connectivity index (χ0n) is 8.21. The summed E-state index contributed by atoms with van der Waals surface area (Å²) in [7, 11) is 1.62. The number of hydrogen-bond donors (Lipinski definition) is 2. The molecule has 0 bridgehead atoms. The van der Waals surface area contributed by atoms with Crippen LogP contribution in [-0.2, 0) is 9.53 Å². The number of ether oxygens (including phenoxy) is 1. The van der Waals surface area contributed by atoms with E-state index in [0.29, 0.717) is 19.6 Å². The molecule has 0 aliphatic heterocycles. The van der Waals surface area contributed by atoms with Crippen LogP contribution in [0.5, 0.6) is 0 Å². The third-order valence-corrected chi connectivity index (χ3v) is 1.66. The van der Waals surface area contributed by atoms with E-state index in [4.69, 9.17) is 9.84 Å². The number of carbonyl (C=O) groups is 1. The lowest BCUT2D eigenvalue weighted by molar-refractivity contribution is -0.121. The summed E-state index contributed by atoms with van der Waals surface area (Å²) in [6.07, 6.45) is 2.88. The Balaban J connectivity index is 3.11. The standard InChI is InChI=1S/C9H19NO3/c1-13-8-4-5-9(12)10-6-2-3-7-11/h11H,2-8H2,1H3,(H,10,12). The Bertz CT molecular complexity index is 128. The van der Waals surface area contributed by atoms with Crippen molar-refractivity contribution in [2.75, 3.05) is 26.9 Å². The van der Waals surface area contributed by atoms with Gasteiger partial charge in [0.25, 0.3) is 0 Å². The molecule has 0 aromatic rings. The Morgan fingerprint density at radius 3 is 2.77 bits per heavy atom. The third kappa shape index (κ3) is 9.30. The Hall–Kier alpha value is -0.610. The summed E-state index contributed by atoms with van der Waals surface area (Å²) < 4.78 is 4.82. The molecule has 0 fully saturated rings. The summed E-state index contributed by atoms with van der Waals surface area (Å²) in [5.41, 5.74) is 0. The van der Waals surface area contributed by atoms with Gasteiger partial charge in [-0.05, 0) is 19.3 Å². The molecular weight excluding hydrogens is 170 g/mol. The smallest absolute Gasteiger partial charge is 0.220 e. The van der Waals surface area contributed by atoms with E-state index in [0.717, 1.165) is 19.3 Å². The molecular formula is C9H19NO3. The number of aliphatic hydroxyl groups excluding tert-OH is 1. The molecule has 0 atom stereocenters. The fourth-order valence-electron chi connectivity index (χ4n) is 0.930. The van der Waals surface area contributed by atoms with E-state index in [9.17, 15) is 4.79 Å². The fraction of sp³-hybridized carbons (Fsp3) is 0.889.